The van der Waals surface area contributed by atoms with Crippen molar-refractivity contribution in [3.8, 4) is 0 Å². The molecule has 0 saturated carbocycles. The summed E-state index contributed by atoms with van der Waals surface area (Å²) in [4.78, 5) is 0. The van der Waals surface area contributed by atoms with Crippen LogP contribution in [0.2, 0.25) is 0 Å². The van der Waals surface area contributed by atoms with E-state index in [1.165, 1.54) is 0 Å². The van der Waals surface area contributed by atoms with Gasteiger partial charge in [-0.15, -0.1) is 11.6 Å². The van der Waals surface area contributed by atoms with Crippen LogP contribution in [-0.4, -0.2) is 38.5 Å². The predicted octanol–water partition coefficient (Wildman–Crippen LogP) is 1.60. The molecule has 0 atom stereocenters. The van der Waals surface area contributed by atoms with Crippen LogP contribution in [0.25, 0.3) is 0 Å². The SMILES string of the molecule is O=S(=O)(CCCCCl)C1CCOCC1. The second-order valence-corrected chi connectivity index (χ2v) is 6.35. The zero-order valence-electron chi connectivity index (χ0n) is 8.25. The molecular weight excluding hydrogens is 224 g/mol. The van der Waals surface area contributed by atoms with Crippen LogP contribution < -0.4 is 0 Å². The van der Waals surface area contributed by atoms with Crippen molar-refractivity contribution in [1.29, 1.82) is 0 Å². The molecule has 0 aromatic rings. The topological polar surface area (TPSA) is 43.4 Å². The Morgan fingerprint density at radius 1 is 1.21 bits per heavy atom. The lowest BCUT2D eigenvalue weighted by molar-refractivity contribution is 0.0983. The summed E-state index contributed by atoms with van der Waals surface area (Å²) in [6, 6.07) is 0. The van der Waals surface area contributed by atoms with Gasteiger partial charge in [0, 0.05) is 19.1 Å². The summed E-state index contributed by atoms with van der Waals surface area (Å²) in [5.74, 6) is 0.827. The lowest BCUT2D eigenvalue weighted by atomic mass is 10.2. The van der Waals surface area contributed by atoms with Gasteiger partial charge in [0.25, 0.3) is 0 Å². The Morgan fingerprint density at radius 3 is 2.43 bits per heavy atom. The van der Waals surface area contributed by atoms with Crippen LogP contribution in [0.4, 0.5) is 0 Å². The molecule has 0 amide bonds. The molecule has 0 spiro atoms. The summed E-state index contributed by atoms with van der Waals surface area (Å²) in [7, 11) is -2.89. The van der Waals surface area contributed by atoms with E-state index < -0.39 is 9.84 Å². The maximum Gasteiger partial charge on any atom is 0.153 e. The number of halogens is 1. The lowest BCUT2D eigenvalue weighted by Crippen LogP contribution is -2.30. The van der Waals surface area contributed by atoms with E-state index in [0.717, 1.165) is 6.42 Å². The first-order valence-electron chi connectivity index (χ1n) is 5.02. The molecule has 0 aromatic heterocycles. The maximum absolute atomic E-state index is 11.8. The molecule has 1 fully saturated rings. The number of rotatable bonds is 5. The third-order valence-electron chi connectivity index (χ3n) is 2.49. The fourth-order valence-corrected chi connectivity index (χ4v) is 3.64. The van der Waals surface area contributed by atoms with Crippen molar-refractivity contribution in [2.24, 2.45) is 0 Å². The van der Waals surface area contributed by atoms with Gasteiger partial charge in [-0.1, -0.05) is 0 Å². The molecule has 0 aliphatic carbocycles. The number of hydrogen-bond acceptors (Lipinski definition) is 3. The van der Waals surface area contributed by atoms with E-state index in [1.807, 2.05) is 0 Å². The van der Waals surface area contributed by atoms with Gasteiger partial charge < -0.3 is 4.74 Å². The molecule has 1 heterocycles. The van der Waals surface area contributed by atoms with Crippen LogP contribution in [0.1, 0.15) is 25.7 Å². The van der Waals surface area contributed by atoms with Gasteiger partial charge in [0.15, 0.2) is 9.84 Å². The van der Waals surface area contributed by atoms with E-state index >= 15 is 0 Å². The molecule has 14 heavy (non-hydrogen) atoms. The van der Waals surface area contributed by atoms with Crippen molar-refractivity contribution in [1.82, 2.24) is 0 Å². The number of alkyl halides is 1. The van der Waals surface area contributed by atoms with E-state index in [4.69, 9.17) is 16.3 Å². The third-order valence-corrected chi connectivity index (χ3v) is 5.10. The minimum atomic E-state index is -2.89. The van der Waals surface area contributed by atoms with Gasteiger partial charge >= 0.3 is 0 Å². The van der Waals surface area contributed by atoms with Gasteiger partial charge in [-0.2, -0.15) is 0 Å². The molecule has 0 unspecified atom stereocenters. The van der Waals surface area contributed by atoms with Crippen LogP contribution in [0.3, 0.4) is 0 Å². The lowest BCUT2D eigenvalue weighted by Gasteiger charge is -2.21. The number of ether oxygens (including phenoxy) is 1. The first-order chi connectivity index (χ1) is 6.67. The number of unbranched alkanes of at least 4 members (excludes halogenated alkanes) is 1. The Hall–Kier alpha value is 0.200. The second-order valence-electron chi connectivity index (χ2n) is 3.57. The molecule has 84 valence electrons. The molecule has 1 aliphatic rings. The Kier molecular flexibility index (Phi) is 5.20. The maximum atomic E-state index is 11.8. The molecule has 1 saturated heterocycles. The average Bonchev–Trinajstić information content (AvgIpc) is 2.19. The largest absolute Gasteiger partial charge is 0.381 e. The van der Waals surface area contributed by atoms with E-state index in [9.17, 15) is 8.42 Å². The van der Waals surface area contributed by atoms with Gasteiger partial charge in [-0.25, -0.2) is 8.42 Å². The minimum Gasteiger partial charge on any atom is -0.381 e. The fourth-order valence-electron chi connectivity index (χ4n) is 1.60. The van der Waals surface area contributed by atoms with Gasteiger partial charge in [0.05, 0.1) is 11.0 Å². The van der Waals surface area contributed by atoms with Gasteiger partial charge in [-0.05, 0) is 25.7 Å². The van der Waals surface area contributed by atoms with Crippen LogP contribution in [0.5, 0.6) is 0 Å². The summed E-state index contributed by atoms with van der Waals surface area (Å²) in [6.07, 6.45) is 2.78. The molecule has 0 bridgehead atoms. The van der Waals surface area contributed by atoms with Crippen LogP contribution in [-0.2, 0) is 14.6 Å². The molecular formula is C9H17ClO3S. The van der Waals surface area contributed by atoms with E-state index in [2.05, 4.69) is 0 Å². The molecule has 0 N–H and O–H groups in total. The zero-order chi connectivity index (χ0) is 10.4. The average molecular weight is 241 g/mol. The van der Waals surface area contributed by atoms with Crippen LogP contribution >= 0.6 is 11.6 Å². The van der Waals surface area contributed by atoms with Crippen molar-refractivity contribution in [3.05, 3.63) is 0 Å². The Balaban J connectivity index is 2.38. The molecule has 0 aromatic carbocycles. The third kappa shape index (κ3) is 3.75. The molecule has 1 rings (SSSR count). The summed E-state index contributed by atoms with van der Waals surface area (Å²) in [6.45, 7) is 1.17. The number of sulfone groups is 1. The zero-order valence-corrected chi connectivity index (χ0v) is 9.82. The highest BCUT2D eigenvalue weighted by atomic mass is 35.5. The highest BCUT2D eigenvalue weighted by Gasteiger charge is 2.26. The summed E-state index contributed by atoms with van der Waals surface area (Å²) < 4.78 is 28.7. The summed E-state index contributed by atoms with van der Waals surface area (Å²) in [5, 5.41) is -0.174. The van der Waals surface area contributed by atoms with Crippen molar-refractivity contribution in [2.75, 3.05) is 24.8 Å². The molecule has 3 nitrogen and oxygen atoms in total. The van der Waals surface area contributed by atoms with Crippen LogP contribution in [0.15, 0.2) is 0 Å². The van der Waals surface area contributed by atoms with E-state index in [1.54, 1.807) is 0 Å². The standard InChI is InChI=1S/C9H17ClO3S/c10-5-1-2-8-14(11,12)9-3-6-13-7-4-9/h9H,1-8H2. The molecule has 0 radical (unpaired) electrons. The first-order valence-corrected chi connectivity index (χ1v) is 7.27. The van der Waals surface area contributed by atoms with E-state index in [0.29, 0.717) is 38.4 Å². The Labute approximate surface area is 90.7 Å². The Bertz CT molecular complexity index is 245. The van der Waals surface area contributed by atoms with Gasteiger partial charge in [0.2, 0.25) is 0 Å². The highest BCUT2D eigenvalue weighted by Crippen LogP contribution is 2.17. The van der Waals surface area contributed by atoms with Gasteiger partial charge in [-0.3, -0.25) is 0 Å². The van der Waals surface area contributed by atoms with Gasteiger partial charge in [0.1, 0.15) is 0 Å². The summed E-state index contributed by atoms with van der Waals surface area (Å²) >= 11 is 5.50. The fraction of sp³-hybridized carbons (Fsp3) is 1.00. The normalized spacial score (nSPS) is 19.8. The van der Waals surface area contributed by atoms with Crippen molar-refractivity contribution in [3.63, 3.8) is 0 Å². The Morgan fingerprint density at radius 2 is 1.86 bits per heavy atom. The molecule has 1 aliphatic heterocycles. The number of hydrogen-bond donors (Lipinski definition) is 0. The van der Waals surface area contributed by atoms with Crippen molar-refractivity contribution in [2.45, 2.75) is 30.9 Å². The molecule has 5 heteroatoms. The monoisotopic (exact) mass is 240 g/mol. The predicted molar refractivity (Wildman–Crippen MR) is 57.6 cm³/mol. The highest BCUT2D eigenvalue weighted by molar-refractivity contribution is 7.92. The van der Waals surface area contributed by atoms with Crippen molar-refractivity contribution < 1.29 is 13.2 Å². The summed E-state index contributed by atoms with van der Waals surface area (Å²) in [5.41, 5.74) is 0. The second kappa shape index (κ2) is 5.93. The first kappa shape index (κ1) is 12.3. The quantitative estimate of drug-likeness (QED) is 0.542. The smallest absolute Gasteiger partial charge is 0.153 e. The van der Waals surface area contributed by atoms with Crippen molar-refractivity contribution >= 4 is 21.4 Å². The van der Waals surface area contributed by atoms with E-state index in [-0.39, 0.29) is 11.0 Å². The van der Waals surface area contributed by atoms with Crippen LogP contribution in [0, 0.1) is 0 Å². The minimum absolute atomic E-state index is 0.174.